The van der Waals surface area contributed by atoms with Gasteiger partial charge in [-0.15, -0.1) is 0 Å². The highest BCUT2D eigenvalue weighted by molar-refractivity contribution is 7.89. The first kappa shape index (κ1) is 21.1. The molecule has 1 fully saturated rings. The zero-order valence-corrected chi connectivity index (χ0v) is 17.7. The van der Waals surface area contributed by atoms with Gasteiger partial charge in [-0.3, -0.25) is 4.79 Å². The van der Waals surface area contributed by atoms with E-state index in [1.807, 2.05) is 0 Å². The predicted molar refractivity (Wildman–Crippen MR) is 110 cm³/mol. The standard InChI is InChI=1S/C21H26N2O5S/c1-15-4-11-19(29(25,26)22-16-5-6-16)14-20(15)21(24)23(2)12-13-28-18-9-7-17(27-3)8-10-18/h4,7-11,14,16,22H,5-6,12-13H2,1-3H3. The molecular formula is C21H26N2O5S. The molecule has 2 aromatic rings. The molecule has 0 saturated heterocycles. The third-order valence-electron chi connectivity index (χ3n) is 4.75. The minimum absolute atomic E-state index is 0.0123. The molecule has 0 atom stereocenters. The van der Waals surface area contributed by atoms with Crippen LogP contribution >= 0.6 is 0 Å². The molecule has 0 bridgehead atoms. The molecule has 0 aromatic heterocycles. The SMILES string of the molecule is COc1ccc(OCCN(C)C(=O)c2cc(S(=O)(=O)NC3CC3)ccc2C)cc1. The highest BCUT2D eigenvalue weighted by atomic mass is 32.2. The van der Waals surface area contributed by atoms with Crippen LogP contribution in [0.2, 0.25) is 0 Å². The van der Waals surface area contributed by atoms with E-state index in [9.17, 15) is 13.2 Å². The molecule has 156 valence electrons. The summed E-state index contributed by atoms with van der Waals surface area (Å²) in [6, 6.07) is 11.9. The number of hydrogen-bond acceptors (Lipinski definition) is 5. The quantitative estimate of drug-likeness (QED) is 0.677. The molecule has 0 spiro atoms. The molecule has 1 aliphatic carbocycles. The number of ether oxygens (including phenoxy) is 2. The van der Waals surface area contributed by atoms with E-state index in [0.717, 1.165) is 24.2 Å². The zero-order valence-electron chi connectivity index (χ0n) is 16.8. The molecule has 7 nitrogen and oxygen atoms in total. The molecule has 29 heavy (non-hydrogen) atoms. The van der Waals surface area contributed by atoms with Gasteiger partial charge in [-0.2, -0.15) is 0 Å². The number of methoxy groups -OCH3 is 1. The number of nitrogens with one attached hydrogen (secondary N) is 1. The topological polar surface area (TPSA) is 84.9 Å². The highest BCUT2D eigenvalue weighted by Gasteiger charge is 2.28. The van der Waals surface area contributed by atoms with Crippen LogP contribution in [0.1, 0.15) is 28.8 Å². The molecule has 2 aromatic carbocycles. The van der Waals surface area contributed by atoms with E-state index < -0.39 is 10.0 Å². The fraction of sp³-hybridized carbons (Fsp3) is 0.381. The molecular weight excluding hydrogens is 392 g/mol. The third kappa shape index (κ3) is 5.48. The third-order valence-corrected chi connectivity index (χ3v) is 6.27. The van der Waals surface area contributed by atoms with Gasteiger partial charge in [-0.1, -0.05) is 6.07 Å². The molecule has 8 heteroatoms. The first-order chi connectivity index (χ1) is 13.8. The van der Waals surface area contributed by atoms with Gasteiger partial charge in [-0.25, -0.2) is 13.1 Å². The number of carbonyl (C=O) groups is 1. The van der Waals surface area contributed by atoms with Crippen molar-refractivity contribution in [3.63, 3.8) is 0 Å². The van der Waals surface area contributed by atoms with Crippen LogP contribution in [0.5, 0.6) is 11.5 Å². The average molecular weight is 419 g/mol. The molecule has 0 heterocycles. The largest absolute Gasteiger partial charge is 0.497 e. The predicted octanol–water partition coefficient (Wildman–Crippen LogP) is 2.60. The van der Waals surface area contributed by atoms with Crippen molar-refractivity contribution >= 4 is 15.9 Å². The summed E-state index contributed by atoms with van der Waals surface area (Å²) in [7, 11) is -0.343. The van der Waals surface area contributed by atoms with Crippen LogP contribution in [0.25, 0.3) is 0 Å². The smallest absolute Gasteiger partial charge is 0.254 e. The summed E-state index contributed by atoms with van der Waals surface area (Å²) >= 11 is 0. The lowest BCUT2D eigenvalue weighted by atomic mass is 10.1. The Balaban J connectivity index is 1.62. The van der Waals surface area contributed by atoms with Gasteiger partial charge < -0.3 is 14.4 Å². The number of benzene rings is 2. The van der Waals surface area contributed by atoms with Gasteiger partial charge in [0.25, 0.3) is 5.91 Å². The Morgan fingerprint density at radius 2 is 1.79 bits per heavy atom. The van der Waals surface area contributed by atoms with E-state index >= 15 is 0 Å². The zero-order chi connectivity index (χ0) is 21.0. The highest BCUT2D eigenvalue weighted by Crippen LogP contribution is 2.23. The summed E-state index contributed by atoms with van der Waals surface area (Å²) in [5.41, 5.74) is 1.10. The van der Waals surface area contributed by atoms with E-state index in [0.29, 0.717) is 24.5 Å². The van der Waals surface area contributed by atoms with Gasteiger partial charge in [0, 0.05) is 18.7 Å². The molecule has 1 aliphatic rings. The number of nitrogens with zero attached hydrogens (tertiary/aromatic N) is 1. The van der Waals surface area contributed by atoms with Gasteiger partial charge in [0.1, 0.15) is 18.1 Å². The second-order valence-electron chi connectivity index (χ2n) is 7.12. The van der Waals surface area contributed by atoms with Crippen molar-refractivity contribution in [3.05, 3.63) is 53.6 Å². The number of likely N-dealkylation sites (N-methyl/N-ethyl adjacent to an activating group) is 1. The maximum atomic E-state index is 12.8. The second-order valence-corrected chi connectivity index (χ2v) is 8.84. The molecule has 0 aliphatic heterocycles. The van der Waals surface area contributed by atoms with Crippen LogP contribution in [0.3, 0.4) is 0 Å². The van der Waals surface area contributed by atoms with Crippen molar-refractivity contribution in [2.75, 3.05) is 27.3 Å². The summed E-state index contributed by atoms with van der Waals surface area (Å²) in [6.45, 7) is 2.47. The van der Waals surface area contributed by atoms with Crippen LogP contribution in [-0.4, -0.2) is 52.6 Å². The van der Waals surface area contributed by atoms with Crippen LogP contribution in [0.4, 0.5) is 0 Å². The lowest BCUT2D eigenvalue weighted by molar-refractivity contribution is 0.0773. The monoisotopic (exact) mass is 418 g/mol. The Morgan fingerprint density at radius 1 is 1.14 bits per heavy atom. The maximum absolute atomic E-state index is 12.8. The Bertz CT molecular complexity index is 969. The van der Waals surface area contributed by atoms with Crippen LogP contribution < -0.4 is 14.2 Å². The van der Waals surface area contributed by atoms with Crippen molar-refractivity contribution in [1.29, 1.82) is 0 Å². The fourth-order valence-electron chi connectivity index (χ4n) is 2.77. The van der Waals surface area contributed by atoms with E-state index in [4.69, 9.17) is 9.47 Å². The van der Waals surface area contributed by atoms with E-state index in [2.05, 4.69) is 4.72 Å². The molecule has 0 radical (unpaired) electrons. The summed E-state index contributed by atoms with van der Waals surface area (Å²) in [5.74, 6) is 1.18. The second kappa shape index (κ2) is 8.84. The Hall–Kier alpha value is -2.58. The number of aryl methyl sites for hydroxylation is 1. The Kier molecular flexibility index (Phi) is 6.44. The number of carbonyl (C=O) groups excluding carboxylic acids is 1. The molecule has 3 rings (SSSR count). The van der Waals surface area contributed by atoms with Crippen molar-refractivity contribution in [2.45, 2.75) is 30.7 Å². The first-order valence-corrected chi connectivity index (χ1v) is 10.9. The minimum atomic E-state index is -3.61. The molecule has 1 amide bonds. The van der Waals surface area contributed by atoms with Gasteiger partial charge in [0.15, 0.2) is 0 Å². The fourth-order valence-corrected chi connectivity index (χ4v) is 4.10. The van der Waals surface area contributed by atoms with Gasteiger partial charge in [0.05, 0.1) is 18.6 Å². The van der Waals surface area contributed by atoms with Crippen molar-refractivity contribution in [1.82, 2.24) is 9.62 Å². The molecule has 1 saturated carbocycles. The summed E-state index contributed by atoms with van der Waals surface area (Å²) in [4.78, 5) is 14.5. The number of amides is 1. The molecule has 1 N–H and O–H groups in total. The van der Waals surface area contributed by atoms with E-state index in [1.54, 1.807) is 51.4 Å². The lowest BCUT2D eigenvalue weighted by Crippen LogP contribution is -2.32. The van der Waals surface area contributed by atoms with Crippen LogP contribution in [-0.2, 0) is 10.0 Å². The maximum Gasteiger partial charge on any atom is 0.254 e. The average Bonchev–Trinajstić information content (AvgIpc) is 3.51. The summed E-state index contributed by atoms with van der Waals surface area (Å²) in [6.07, 6.45) is 1.71. The summed E-state index contributed by atoms with van der Waals surface area (Å²) in [5, 5.41) is 0. The van der Waals surface area contributed by atoms with Crippen molar-refractivity contribution in [2.24, 2.45) is 0 Å². The number of sulfonamides is 1. The Labute approximate surface area is 171 Å². The number of rotatable bonds is 9. The molecule has 0 unspecified atom stereocenters. The van der Waals surface area contributed by atoms with Gasteiger partial charge >= 0.3 is 0 Å². The van der Waals surface area contributed by atoms with Crippen LogP contribution in [0.15, 0.2) is 47.4 Å². The first-order valence-electron chi connectivity index (χ1n) is 9.45. The lowest BCUT2D eigenvalue weighted by Gasteiger charge is -2.19. The van der Waals surface area contributed by atoms with Gasteiger partial charge in [-0.05, 0) is 61.7 Å². The van der Waals surface area contributed by atoms with Crippen molar-refractivity contribution < 1.29 is 22.7 Å². The van der Waals surface area contributed by atoms with E-state index in [1.165, 1.54) is 17.0 Å². The van der Waals surface area contributed by atoms with Gasteiger partial charge in [0.2, 0.25) is 10.0 Å². The Morgan fingerprint density at radius 3 is 2.41 bits per heavy atom. The number of hydrogen-bond donors (Lipinski definition) is 1. The summed E-state index contributed by atoms with van der Waals surface area (Å²) < 4.78 is 38.3. The normalized spacial score (nSPS) is 13.8. The van der Waals surface area contributed by atoms with E-state index in [-0.39, 0.29) is 16.8 Å². The minimum Gasteiger partial charge on any atom is -0.497 e. The van der Waals surface area contributed by atoms with Crippen molar-refractivity contribution in [3.8, 4) is 11.5 Å². The van der Waals surface area contributed by atoms with Crippen LogP contribution in [0, 0.1) is 6.92 Å².